The molecule has 0 amide bonds. The molecule has 2 nitrogen and oxygen atoms in total. The zero-order valence-electron chi connectivity index (χ0n) is 7.58. The van der Waals surface area contributed by atoms with Gasteiger partial charge in [-0.1, -0.05) is 19.8 Å². The predicted molar refractivity (Wildman–Crippen MR) is 46.6 cm³/mol. The lowest BCUT2D eigenvalue weighted by molar-refractivity contribution is 0.182. The summed E-state index contributed by atoms with van der Waals surface area (Å²) < 4.78 is 0. The third kappa shape index (κ3) is 2.46. The Bertz CT molecular complexity index is 116. The molecule has 1 aliphatic heterocycles. The molecule has 1 fully saturated rings. The molecule has 0 saturated carbocycles. The standard InChI is InChI=1S/C9H19NO/c1-3-4-5-8-6-9(11)7-10(8)2/h8-9,11H,3-7H2,1-2H3/t8-,9?/m0/s1. The Morgan fingerprint density at radius 2 is 2.27 bits per heavy atom. The van der Waals surface area contributed by atoms with Gasteiger partial charge in [-0.3, -0.25) is 0 Å². The van der Waals surface area contributed by atoms with Crippen molar-refractivity contribution in [2.45, 2.75) is 44.8 Å². The highest BCUT2D eigenvalue weighted by molar-refractivity contribution is 4.82. The van der Waals surface area contributed by atoms with Gasteiger partial charge in [0.1, 0.15) is 0 Å². The maximum Gasteiger partial charge on any atom is 0.0682 e. The highest BCUT2D eigenvalue weighted by Gasteiger charge is 2.26. The van der Waals surface area contributed by atoms with Gasteiger partial charge in [0.15, 0.2) is 0 Å². The third-order valence-electron chi connectivity index (χ3n) is 2.56. The molecule has 0 aliphatic carbocycles. The van der Waals surface area contributed by atoms with Gasteiger partial charge in [-0.25, -0.2) is 0 Å². The Labute approximate surface area is 69.2 Å². The number of rotatable bonds is 3. The van der Waals surface area contributed by atoms with Crippen LogP contribution < -0.4 is 0 Å². The average molecular weight is 157 g/mol. The highest BCUT2D eigenvalue weighted by Crippen LogP contribution is 2.20. The molecule has 1 saturated heterocycles. The van der Waals surface area contributed by atoms with Gasteiger partial charge in [0.05, 0.1) is 6.10 Å². The lowest BCUT2D eigenvalue weighted by Gasteiger charge is -2.17. The summed E-state index contributed by atoms with van der Waals surface area (Å²) >= 11 is 0. The molecule has 66 valence electrons. The van der Waals surface area contributed by atoms with Gasteiger partial charge in [0.25, 0.3) is 0 Å². The first-order valence-electron chi connectivity index (χ1n) is 4.62. The summed E-state index contributed by atoms with van der Waals surface area (Å²) in [5.74, 6) is 0. The second-order valence-electron chi connectivity index (χ2n) is 3.63. The fourth-order valence-corrected chi connectivity index (χ4v) is 1.83. The second-order valence-corrected chi connectivity index (χ2v) is 3.63. The van der Waals surface area contributed by atoms with E-state index < -0.39 is 0 Å². The van der Waals surface area contributed by atoms with Gasteiger partial charge >= 0.3 is 0 Å². The van der Waals surface area contributed by atoms with Crippen LogP contribution in [0.5, 0.6) is 0 Å². The van der Waals surface area contributed by atoms with E-state index in [2.05, 4.69) is 18.9 Å². The molecule has 1 unspecified atom stereocenters. The van der Waals surface area contributed by atoms with Crippen molar-refractivity contribution >= 4 is 0 Å². The zero-order valence-corrected chi connectivity index (χ0v) is 7.58. The summed E-state index contributed by atoms with van der Waals surface area (Å²) in [6.45, 7) is 3.08. The van der Waals surface area contributed by atoms with E-state index in [4.69, 9.17) is 0 Å². The van der Waals surface area contributed by atoms with Crippen LogP contribution in [0.1, 0.15) is 32.6 Å². The summed E-state index contributed by atoms with van der Waals surface area (Å²) in [7, 11) is 2.11. The highest BCUT2D eigenvalue weighted by atomic mass is 16.3. The molecule has 0 radical (unpaired) electrons. The Kier molecular flexibility index (Phi) is 3.34. The molecule has 11 heavy (non-hydrogen) atoms. The molecule has 1 N–H and O–H groups in total. The molecule has 2 heteroatoms. The lowest BCUT2D eigenvalue weighted by atomic mass is 10.1. The van der Waals surface area contributed by atoms with Crippen LogP contribution in [0.4, 0.5) is 0 Å². The number of aliphatic hydroxyl groups excluding tert-OH is 1. The molecule has 1 rings (SSSR count). The molecule has 2 atom stereocenters. The van der Waals surface area contributed by atoms with E-state index in [0.29, 0.717) is 6.04 Å². The molecular weight excluding hydrogens is 138 g/mol. The Morgan fingerprint density at radius 3 is 2.73 bits per heavy atom. The van der Waals surface area contributed by atoms with Crippen LogP contribution in [0.25, 0.3) is 0 Å². The van der Waals surface area contributed by atoms with E-state index in [1.165, 1.54) is 19.3 Å². The van der Waals surface area contributed by atoms with Gasteiger partial charge in [-0.05, 0) is 19.9 Å². The van der Waals surface area contributed by atoms with E-state index in [-0.39, 0.29) is 6.10 Å². The van der Waals surface area contributed by atoms with Crippen LogP contribution in [-0.2, 0) is 0 Å². The monoisotopic (exact) mass is 157 g/mol. The number of hydrogen-bond acceptors (Lipinski definition) is 2. The van der Waals surface area contributed by atoms with Crippen molar-refractivity contribution in [3.63, 3.8) is 0 Å². The number of β-amino-alcohol motifs (C(OH)–C–C–N with tert-alkyl or cyclic N) is 1. The van der Waals surface area contributed by atoms with E-state index in [1.807, 2.05) is 0 Å². The minimum atomic E-state index is -0.0677. The van der Waals surface area contributed by atoms with Crippen LogP contribution in [0.3, 0.4) is 0 Å². The molecular formula is C9H19NO. The van der Waals surface area contributed by atoms with Gasteiger partial charge in [0, 0.05) is 12.6 Å². The number of likely N-dealkylation sites (tertiary alicyclic amines) is 1. The molecule has 0 aromatic heterocycles. The quantitative estimate of drug-likeness (QED) is 0.666. The summed E-state index contributed by atoms with van der Waals surface area (Å²) in [5, 5.41) is 9.33. The van der Waals surface area contributed by atoms with Gasteiger partial charge < -0.3 is 10.0 Å². The molecule has 1 aliphatic rings. The van der Waals surface area contributed by atoms with E-state index >= 15 is 0 Å². The first kappa shape index (κ1) is 9.01. The topological polar surface area (TPSA) is 23.5 Å². The minimum Gasteiger partial charge on any atom is -0.392 e. The first-order chi connectivity index (χ1) is 5.24. The Balaban J connectivity index is 2.23. The smallest absolute Gasteiger partial charge is 0.0682 e. The summed E-state index contributed by atoms with van der Waals surface area (Å²) in [6.07, 6.45) is 4.73. The number of unbranched alkanes of at least 4 members (excludes halogenated alkanes) is 1. The largest absolute Gasteiger partial charge is 0.392 e. The third-order valence-corrected chi connectivity index (χ3v) is 2.56. The van der Waals surface area contributed by atoms with Crippen molar-refractivity contribution in [1.29, 1.82) is 0 Å². The maximum atomic E-state index is 9.33. The number of hydrogen-bond donors (Lipinski definition) is 1. The van der Waals surface area contributed by atoms with Crippen molar-refractivity contribution in [1.82, 2.24) is 4.90 Å². The molecule has 0 aromatic carbocycles. The summed E-state index contributed by atoms with van der Waals surface area (Å²) in [5.41, 5.74) is 0. The van der Waals surface area contributed by atoms with Crippen molar-refractivity contribution in [2.75, 3.05) is 13.6 Å². The predicted octanol–water partition coefficient (Wildman–Crippen LogP) is 1.24. The minimum absolute atomic E-state index is 0.0677. The Morgan fingerprint density at radius 1 is 1.55 bits per heavy atom. The SMILES string of the molecule is CCCC[C@H]1CC(O)CN1C. The molecule has 0 bridgehead atoms. The molecule has 0 aromatic rings. The fraction of sp³-hybridized carbons (Fsp3) is 1.00. The number of aliphatic hydroxyl groups is 1. The second kappa shape index (κ2) is 4.07. The first-order valence-corrected chi connectivity index (χ1v) is 4.62. The number of likely N-dealkylation sites (N-methyl/N-ethyl adjacent to an activating group) is 1. The van der Waals surface area contributed by atoms with Crippen LogP contribution in [0, 0.1) is 0 Å². The molecule has 0 spiro atoms. The summed E-state index contributed by atoms with van der Waals surface area (Å²) in [6, 6.07) is 0.643. The number of nitrogens with zero attached hydrogens (tertiary/aromatic N) is 1. The molecule has 1 heterocycles. The van der Waals surface area contributed by atoms with Gasteiger partial charge in [-0.2, -0.15) is 0 Å². The van der Waals surface area contributed by atoms with Crippen molar-refractivity contribution in [3.05, 3.63) is 0 Å². The zero-order chi connectivity index (χ0) is 8.27. The Hall–Kier alpha value is -0.0800. The van der Waals surface area contributed by atoms with Gasteiger partial charge in [-0.15, -0.1) is 0 Å². The maximum absolute atomic E-state index is 9.33. The normalized spacial score (nSPS) is 33.0. The van der Waals surface area contributed by atoms with Crippen LogP contribution in [0.2, 0.25) is 0 Å². The average Bonchev–Trinajstić information content (AvgIpc) is 2.26. The van der Waals surface area contributed by atoms with Crippen molar-refractivity contribution < 1.29 is 5.11 Å². The van der Waals surface area contributed by atoms with E-state index in [9.17, 15) is 5.11 Å². The summed E-state index contributed by atoms with van der Waals surface area (Å²) in [4.78, 5) is 2.28. The van der Waals surface area contributed by atoms with Crippen LogP contribution in [0.15, 0.2) is 0 Å². The van der Waals surface area contributed by atoms with Crippen molar-refractivity contribution in [2.24, 2.45) is 0 Å². The van der Waals surface area contributed by atoms with Crippen LogP contribution in [-0.4, -0.2) is 35.7 Å². The van der Waals surface area contributed by atoms with Crippen LogP contribution >= 0.6 is 0 Å². The van der Waals surface area contributed by atoms with Gasteiger partial charge in [0.2, 0.25) is 0 Å². The van der Waals surface area contributed by atoms with E-state index in [0.717, 1.165) is 13.0 Å². The fourth-order valence-electron chi connectivity index (χ4n) is 1.83. The van der Waals surface area contributed by atoms with Crippen molar-refractivity contribution in [3.8, 4) is 0 Å². The lowest BCUT2D eigenvalue weighted by Crippen LogP contribution is -2.24. The van der Waals surface area contributed by atoms with E-state index in [1.54, 1.807) is 0 Å².